The highest BCUT2D eigenvalue weighted by Gasteiger charge is 2.60. The summed E-state index contributed by atoms with van der Waals surface area (Å²) in [6.07, 6.45) is 2.60. The maximum absolute atomic E-state index is 12.4. The largest absolute Gasteiger partial charge is 0.488 e. The van der Waals surface area contributed by atoms with Gasteiger partial charge in [0, 0.05) is 68.1 Å². The van der Waals surface area contributed by atoms with Crippen LogP contribution in [0, 0.1) is 31.1 Å². The number of carbonyl (C=O) groups excluding carboxylic acids is 1. The Morgan fingerprint density at radius 1 is 1.09 bits per heavy atom. The lowest BCUT2D eigenvalue weighted by molar-refractivity contribution is -0.134. The Hall–Kier alpha value is -2.98. The fraction of sp³-hybridized carbons (Fsp3) is 0.529. The van der Waals surface area contributed by atoms with Gasteiger partial charge in [0.25, 0.3) is 0 Å². The number of aliphatic hydroxyl groups excluding tert-OH is 1. The minimum Gasteiger partial charge on any atom is -0.488 e. The van der Waals surface area contributed by atoms with Gasteiger partial charge >= 0.3 is 0 Å². The summed E-state index contributed by atoms with van der Waals surface area (Å²) in [6.45, 7) is 10.8. The van der Waals surface area contributed by atoms with E-state index in [0.29, 0.717) is 24.3 Å². The number of rotatable bonds is 9. The number of piperazine rings is 1. The van der Waals surface area contributed by atoms with Gasteiger partial charge < -0.3 is 24.7 Å². The predicted molar refractivity (Wildman–Crippen MR) is 168 cm³/mol. The molecule has 2 saturated carbocycles. The van der Waals surface area contributed by atoms with Crippen LogP contribution in [0.3, 0.4) is 0 Å². The molecule has 2 N–H and O–H groups in total. The molecule has 2 aliphatic carbocycles. The topological polar surface area (TPSA) is 89.4 Å². The molecule has 2 atom stereocenters. The van der Waals surface area contributed by atoms with Gasteiger partial charge in [0.05, 0.1) is 5.69 Å². The van der Waals surface area contributed by atoms with E-state index in [-0.39, 0.29) is 5.41 Å². The van der Waals surface area contributed by atoms with Crippen molar-refractivity contribution >= 4 is 22.4 Å². The first-order valence-corrected chi connectivity index (χ1v) is 16.6. The normalized spacial score (nSPS) is 23.9. The van der Waals surface area contributed by atoms with Crippen LogP contribution in [-0.2, 0) is 17.9 Å². The summed E-state index contributed by atoms with van der Waals surface area (Å²) >= 11 is 1.64. The average molecular weight is 603 g/mol. The fourth-order valence-corrected chi connectivity index (χ4v) is 7.78. The molecule has 1 unspecified atom stereocenters. The number of benzene rings is 2. The third-order valence-electron chi connectivity index (χ3n) is 10.1. The minimum absolute atomic E-state index is 0.295. The van der Waals surface area contributed by atoms with Crippen molar-refractivity contribution in [2.45, 2.75) is 59.0 Å². The molecule has 3 aromatic rings. The Kier molecular flexibility index (Phi) is 7.70. The lowest BCUT2D eigenvalue weighted by Gasteiger charge is -2.35. The van der Waals surface area contributed by atoms with Crippen LogP contribution in [0.4, 0.5) is 5.13 Å². The molecule has 9 heteroatoms. The number of thiazole rings is 1. The molecule has 0 radical (unpaired) electrons. The summed E-state index contributed by atoms with van der Waals surface area (Å²) in [6, 6.07) is 12.9. The number of aromatic nitrogens is 1. The molecule has 1 aromatic heterocycles. The van der Waals surface area contributed by atoms with Gasteiger partial charge in [-0.2, -0.15) is 0 Å². The van der Waals surface area contributed by atoms with Gasteiger partial charge in [0.15, 0.2) is 11.4 Å². The van der Waals surface area contributed by atoms with Crippen molar-refractivity contribution in [1.29, 1.82) is 0 Å². The number of aliphatic hydroxyl groups is 2. The highest BCUT2D eigenvalue weighted by Crippen LogP contribution is 2.60. The van der Waals surface area contributed by atoms with Gasteiger partial charge in [-0.15, -0.1) is 11.3 Å². The summed E-state index contributed by atoms with van der Waals surface area (Å²) in [5.41, 5.74) is 6.47. The second-order valence-electron chi connectivity index (χ2n) is 13.1. The average Bonchev–Trinajstić information content (AvgIpc) is 3.93. The lowest BCUT2D eigenvalue weighted by atomic mass is 9.95. The van der Waals surface area contributed by atoms with Crippen LogP contribution in [-0.4, -0.2) is 76.5 Å². The van der Waals surface area contributed by atoms with Crippen LogP contribution in [0.2, 0.25) is 0 Å². The molecule has 43 heavy (non-hydrogen) atoms. The van der Waals surface area contributed by atoms with Gasteiger partial charge in [-0.25, -0.2) is 4.98 Å². The first kappa shape index (κ1) is 28.8. The summed E-state index contributed by atoms with van der Waals surface area (Å²) < 4.78 is 6.43. The lowest BCUT2D eigenvalue weighted by Crippen LogP contribution is -2.48. The van der Waals surface area contributed by atoms with E-state index < -0.39 is 6.29 Å². The second-order valence-corrected chi connectivity index (χ2v) is 14.0. The fourth-order valence-electron chi connectivity index (χ4n) is 6.92. The summed E-state index contributed by atoms with van der Waals surface area (Å²) in [4.78, 5) is 24.2. The number of ether oxygens (including phenoxy) is 1. The van der Waals surface area contributed by atoms with Crippen LogP contribution >= 0.6 is 11.3 Å². The number of carbonyl (C=O) groups is 1. The van der Waals surface area contributed by atoms with Crippen LogP contribution in [0.25, 0.3) is 11.3 Å². The second kappa shape index (κ2) is 11.5. The number of piperidine rings is 1. The van der Waals surface area contributed by atoms with Crippen LogP contribution in [0.15, 0.2) is 41.8 Å². The molecule has 2 saturated heterocycles. The van der Waals surface area contributed by atoms with E-state index in [1.165, 1.54) is 16.7 Å². The first-order valence-electron chi connectivity index (χ1n) is 15.7. The maximum atomic E-state index is 12.4. The summed E-state index contributed by atoms with van der Waals surface area (Å²) in [5, 5.41) is 22.7. The summed E-state index contributed by atoms with van der Waals surface area (Å²) in [7, 11) is 0. The molecule has 2 aromatic carbocycles. The van der Waals surface area contributed by atoms with Crippen molar-refractivity contribution in [3.8, 4) is 17.0 Å². The smallest absolute Gasteiger partial charge is 0.225 e. The van der Waals surface area contributed by atoms with E-state index in [9.17, 15) is 15.0 Å². The Morgan fingerprint density at radius 3 is 2.63 bits per heavy atom. The van der Waals surface area contributed by atoms with Crippen molar-refractivity contribution in [2.24, 2.45) is 17.3 Å². The monoisotopic (exact) mass is 602 g/mol. The molecule has 3 heterocycles. The van der Waals surface area contributed by atoms with Gasteiger partial charge in [-0.05, 0) is 74.3 Å². The van der Waals surface area contributed by atoms with Gasteiger partial charge in [-0.1, -0.05) is 29.8 Å². The van der Waals surface area contributed by atoms with E-state index in [1.807, 2.05) is 6.07 Å². The zero-order chi connectivity index (χ0) is 29.7. The molecule has 2 aliphatic heterocycles. The van der Waals surface area contributed by atoms with Gasteiger partial charge in [0.1, 0.15) is 12.4 Å². The molecule has 8 nitrogen and oxygen atoms in total. The number of hydrogen-bond donors (Lipinski definition) is 2. The van der Waals surface area contributed by atoms with Crippen molar-refractivity contribution in [3.63, 3.8) is 0 Å². The summed E-state index contributed by atoms with van der Waals surface area (Å²) in [5.74, 6) is 1.83. The van der Waals surface area contributed by atoms with Crippen molar-refractivity contribution in [1.82, 2.24) is 14.8 Å². The third-order valence-corrected chi connectivity index (χ3v) is 11.0. The van der Waals surface area contributed by atoms with Crippen molar-refractivity contribution in [2.75, 3.05) is 44.2 Å². The number of hydrogen-bond acceptors (Lipinski definition) is 8. The zero-order valence-corrected chi connectivity index (χ0v) is 26.0. The highest BCUT2D eigenvalue weighted by molar-refractivity contribution is 7.14. The number of aryl methyl sites for hydroxylation is 2. The Morgan fingerprint density at radius 2 is 1.91 bits per heavy atom. The van der Waals surface area contributed by atoms with Crippen LogP contribution in [0.1, 0.15) is 47.9 Å². The third kappa shape index (κ3) is 5.92. The zero-order valence-electron chi connectivity index (χ0n) is 25.2. The van der Waals surface area contributed by atoms with E-state index in [2.05, 4.69) is 64.3 Å². The van der Waals surface area contributed by atoms with E-state index in [0.717, 1.165) is 99.2 Å². The van der Waals surface area contributed by atoms with E-state index in [4.69, 9.17) is 9.72 Å². The van der Waals surface area contributed by atoms with Crippen molar-refractivity contribution < 1.29 is 19.7 Å². The first-order chi connectivity index (χ1) is 20.8. The maximum Gasteiger partial charge on any atom is 0.225 e. The predicted octanol–water partition coefficient (Wildman–Crippen LogP) is 4.59. The number of fused-ring (bicyclic) bond motifs is 1. The molecule has 4 aliphatic rings. The molecule has 228 valence electrons. The molecule has 4 fully saturated rings. The molecule has 1 amide bonds. The molecular weight excluding hydrogens is 560 g/mol. The standard InChI is InChI=1S/C34H42N4O4S/c1-22-3-8-30(28(15-22)29-21-43-33(35-29)38-10-9-34(32(40)41)17-27(34)19-38)42-20-26-5-4-24(16-23(26)2)18-36-11-13-37(14-12-36)31(39)25-6-7-25/h3-5,8,15-16,21,25,27,32,40-41H,6-7,9-14,17-20H2,1-2H3/t27?,34-/m1/s1. The Bertz CT molecular complexity index is 1500. The number of nitrogens with zero attached hydrogens (tertiary/aromatic N) is 4. The molecule has 7 rings (SSSR count). The van der Waals surface area contributed by atoms with E-state index >= 15 is 0 Å². The molecule has 0 spiro atoms. The molecule has 0 bridgehead atoms. The van der Waals surface area contributed by atoms with Gasteiger partial charge in [-0.3, -0.25) is 9.69 Å². The molecular formula is C34H42N4O4S. The Balaban J connectivity index is 0.973. The Labute approximate surface area is 257 Å². The highest BCUT2D eigenvalue weighted by atomic mass is 32.1. The van der Waals surface area contributed by atoms with Gasteiger partial charge in [0.2, 0.25) is 5.91 Å². The van der Waals surface area contributed by atoms with Crippen LogP contribution < -0.4 is 9.64 Å². The number of anilines is 1. The van der Waals surface area contributed by atoms with Crippen molar-refractivity contribution in [3.05, 3.63) is 64.0 Å². The van der Waals surface area contributed by atoms with Crippen LogP contribution in [0.5, 0.6) is 5.75 Å². The minimum atomic E-state index is -1.22. The number of amides is 1. The van der Waals surface area contributed by atoms with E-state index in [1.54, 1.807) is 11.3 Å². The SMILES string of the molecule is Cc1ccc(OCc2ccc(CN3CCN(C(=O)C4CC4)CC3)cc2C)c(-c2csc(N3CC[C@@]4(C(O)O)CC4C3)n2)c1. The quantitative estimate of drug-likeness (QED) is 0.347.